The monoisotopic (exact) mass is 196 g/mol. The molecule has 1 fully saturated rings. The van der Waals surface area contributed by atoms with Crippen molar-refractivity contribution in [2.45, 2.75) is 37.9 Å². The van der Waals surface area contributed by atoms with E-state index in [9.17, 15) is 9.67 Å². The summed E-state index contributed by atoms with van der Waals surface area (Å²) in [5.74, 6) is 0. The van der Waals surface area contributed by atoms with Crippen LogP contribution in [-0.2, 0) is 9.09 Å². The Kier molecular flexibility index (Phi) is 3.26. The largest absolute Gasteiger partial charge is 0.469 e. The van der Waals surface area contributed by atoms with Gasteiger partial charge in [0.15, 0.2) is 0 Å². The van der Waals surface area contributed by atoms with Crippen LogP contribution in [0, 0.1) is 0 Å². The summed E-state index contributed by atoms with van der Waals surface area (Å²) in [5, 5.41) is 9.26. The Morgan fingerprint density at radius 3 is 2.33 bits per heavy atom. The Morgan fingerprint density at radius 2 is 1.83 bits per heavy atom. The number of rotatable bonds is 2. The highest BCUT2D eigenvalue weighted by molar-refractivity contribution is 7.46. The molecule has 0 bridgehead atoms. The van der Waals surface area contributed by atoms with Gasteiger partial charge in [0, 0.05) is 0 Å². The molecule has 1 saturated carbocycles. The summed E-state index contributed by atoms with van der Waals surface area (Å²) in [6.45, 7) is 0. The fourth-order valence-electron chi connectivity index (χ4n) is 1.38. The van der Waals surface area contributed by atoms with Crippen molar-refractivity contribution in [3.8, 4) is 0 Å². The van der Waals surface area contributed by atoms with Gasteiger partial charge in [0.2, 0.25) is 0 Å². The van der Waals surface area contributed by atoms with E-state index >= 15 is 0 Å². The molecule has 12 heavy (non-hydrogen) atoms. The average Bonchev–Trinajstić information content (AvgIpc) is 1.91. The first kappa shape index (κ1) is 10.2. The third-order valence-electron chi connectivity index (χ3n) is 1.94. The summed E-state index contributed by atoms with van der Waals surface area (Å²) >= 11 is 0. The number of hydrogen-bond donors (Lipinski definition) is 3. The van der Waals surface area contributed by atoms with Crippen LogP contribution in [0.15, 0.2) is 0 Å². The molecule has 0 aromatic rings. The van der Waals surface area contributed by atoms with Gasteiger partial charge in [-0.1, -0.05) is 12.8 Å². The minimum absolute atomic E-state index is 0.520. The second kappa shape index (κ2) is 3.85. The molecule has 1 aliphatic carbocycles. The Hall–Kier alpha value is 0.0700. The van der Waals surface area contributed by atoms with Crippen LogP contribution in [0.2, 0.25) is 0 Å². The number of hydrogen-bond acceptors (Lipinski definition) is 3. The maximum absolute atomic E-state index is 10.4. The molecule has 1 rings (SSSR count). The smallest absolute Gasteiger partial charge is 0.390 e. The second-order valence-corrected chi connectivity index (χ2v) is 4.18. The molecule has 0 heterocycles. The van der Waals surface area contributed by atoms with Gasteiger partial charge in [0.25, 0.3) is 0 Å². The van der Waals surface area contributed by atoms with Gasteiger partial charge in [-0.3, -0.25) is 4.52 Å². The van der Waals surface area contributed by atoms with E-state index in [1.807, 2.05) is 0 Å². The first-order chi connectivity index (χ1) is 5.49. The van der Waals surface area contributed by atoms with Gasteiger partial charge in [-0.25, -0.2) is 4.57 Å². The molecule has 0 unspecified atom stereocenters. The van der Waals surface area contributed by atoms with Crippen LogP contribution < -0.4 is 0 Å². The van der Waals surface area contributed by atoms with Gasteiger partial charge >= 0.3 is 7.82 Å². The molecule has 0 amide bonds. The van der Waals surface area contributed by atoms with Crippen LogP contribution in [0.4, 0.5) is 0 Å². The number of aliphatic hydroxyl groups is 1. The van der Waals surface area contributed by atoms with Crippen LogP contribution in [0.3, 0.4) is 0 Å². The third-order valence-corrected chi connectivity index (χ3v) is 2.49. The normalized spacial score (nSPS) is 31.9. The van der Waals surface area contributed by atoms with E-state index in [4.69, 9.17) is 9.79 Å². The maximum atomic E-state index is 10.4. The van der Waals surface area contributed by atoms with E-state index < -0.39 is 20.0 Å². The highest BCUT2D eigenvalue weighted by Gasteiger charge is 2.30. The van der Waals surface area contributed by atoms with Crippen LogP contribution >= 0.6 is 7.82 Å². The first-order valence-electron chi connectivity index (χ1n) is 3.91. The van der Waals surface area contributed by atoms with Crippen molar-refractivity contribution in [1.82, 2.24) is 0 Å². The molecule has 0 aliphatic heterocycles. The summed E-state index contributed by atoms with van der Waals surface area (Å²) in [4.78, 5) is 16.9. The SMILES string of the molecule is O=P(O)(O)O[C@@H]1CCCC[C@@H]1O. The van der Waals surface area contributed by atoms with E-state index in [2.05, 4.69) is 4.52 Å². The molecule has 0 saturated heterocycles. The quantitative estimate of drug-likeness (QED) is 0.556. The van der Waals surface area contributed by atoms with Crippen LogP contribution in [0.25, 0.3) is 0 Å². The Morgan fingerprint density at radius 1 is 1.25 bits per heavy atom. The Bertz CT molecular complexity index is 188. The van der Waals surface area contributed by atoms with E-state index in [1.165, 1.54) is 0 Å². The van der Waals surface area contributed by atoms with E-state index in [0.717, 1.165) is 12.8 Å². The zero-order chi connectivity index (χ0) is 9.19. The second-order valence-electron chi connectivity index (χ2n) is 2.99. The van der Waals surface area contributed by atoms with Gasteiger partial charge in [0.05, 0.1) is 12.2 Å². The molecular weight excluding hydrogens is 183 g/mol. The van der Waals surface area contributed by atoms with Crippen molar-refractivity contribution >= 4 is 7.82 Å². The average molecular weight is 196 g/mol. The van der Waals surface area contributed by atoms with E-state index in [0.29, 0.717) is 12.8 Å². The summed E-state index contributed by atoms with van der Waals surface area (Å²) in [6.07, 6.45) is 1.40. The fourth-order valence-corrected chi connectivity index (χ4v) is 1.98. The van der Waals surface area contributed by atoms with E-state index in [1.54, 1.807) is 0 Å². The summed E-state index contributed by atoms with van der Waals surface area (Å²) in [5.41, 5.74) is 0. The lowest BCUT2D eigenvalue weighted by molar-refractivity contribution is -0.00875. The molecule has 3 N–H and O–H groups in total. The summed E-state index contributed by atoms with van der Waals surface area (Å²) in [6, 6.07) is 0. The van der Waals surface area contributed by atoms with Crippen molar-refractivity contribution in [2.24, 2.45) is 0 Å². The highest BCUT2D eigenvalue weighted by Crippen LogP contribution is 2.40. The summed E-state index contributed by atoms with van der Waals surface area (Å²) < 4.78 is 14.8. The van der Waals surface area contributed by atoms with Gasteiger partial charge in [0.1, 0.15) is 0 Å². The molecule has 6 heteroatoms. The Balaban J connectivity index is 2.44. The molecule has 0 radical (unpaired) electrons. The molecule has 1 aliphatic rings. The number of phosphoric acid groups is 1. The third kappa shape index (κ3) is 3.21. The lowest BCUT2D eigenvalue weighted by Gasteiger charge is -2.27. The number of aliphatic hydroxyl groups excluding tert-OH is 1. The van der Waals surface area contributed by atoms with Crippen molar-refractivity contribution in [2.75, 3.05) is 0 Å². The van der Waals surface area contributed by atoms with Gasteiger partial charge in [-0.2, -0.15) is 0 Å². The standard InChI is InChI=1S/C6H13O5P/c7-5-3-1-2-4-6(5)11-12(8,9)10/h5-7H,1-4H2,(H2,8,9,10)/t5-,6+/m0/s1. The molecule has 0 aromatic carbocycles. The lowest BCUT2D eigenvalue weighted by Crippen LogP contribution is -2.31. The minimum atomic E-state index is -4.43. The molecule has 5 nitrogen and oxygen atoms in total. The van der Waals surface area contributed by atoms with Crippen LogP contribution in [0.5, 0.6) is 0 Å². The zero-order valence-electron chi connectivity index (χ0n) is 6.59. The van der Waals surface area contributed by atoms with Crippen LogP contribution in [0.1, 0.15) is 25.7 Å². The van der Waals surface area contributed by atoms with Gasteiger partial charge in [-0.05, 0) is 12.8 Å². The fraction of sp³-hybridized carbons (Fsp3) is 1.00. The van der Waals surface area contributed by atoms with Gasteiger partial charge in [-0.15, -0.1) is 0 Å². The summed E-state index contributed by atoms with van der Waals surface area (Å²) in [7, 11) is -4.43. The van der Waals surface area contributed by atoms with E-state index in [-0.39, 0.29) is 0 Å². The van der Waals surface area contributed by atoms with Gasteiger partial charge < -0.3 is 14.9 Å². The Labute approximate surface area is 70.6 Å². The molecule has 2 atom stereocenters. The molecule has 0 spiro atoms. The predicted octanol–water partition coefficient (Wildman–Crippen LogP) is 0.399. The lowest BCUT2D eigenvalue weighted by atomic mass is 9.95. The van der Waals surface area contributed by atoms with Crippen molar-refractivity contribution < 1.29 is 24.0 Å². The first-order valence-corrected chi connectivity index (χ1v) is 5.44. The highest BCUT2D eigenvalue weighted by atomic mass is 31.2. The minimum Gasteiger partial charge on any atom is -0.390 e. The van der Waals surface area contributed by atoms with Crippen molar-refractivity contribution in [3.63, 3.8) is 0 Å². The molecule has 72 valence electrons. The van der Waals surface area contributed by atoms with Crippen molar-refractivity contribution in [1.29, 1.82) is 0 Å². The topological polar surface area (TPSA) is 87.0 Å². The van der Waals surface area contributed by atoms with Crippen LogP contribution in [-0.4, -0.2) is 27.1 Å². The molecular formula is C6H13O5P. The molecule has 0 aromatic heterocycles. The predicted molar refractivity (Wildman–Crippen MR) is 41.4 cm³/mol. The maximum Gasteiger partial charge on any atom is 0.469 e. The zero-order valence-corrected chi connectivity index (χ0v) is 7.48. The van der Waals surface area contributed by atoms with Crippen molar-refractivity contribution in [3.05, 3.63) is 0 Å². The number of phosphoric ester groups is 1.